The van der Waals surface area contributed by atoms with Crippen molar-refractivity contribution in [2.24, 2.45) is 4.99 Å². The van der Waals surface area contributed by atoms with E-state index in [4.69, 9.17) is 0 Å². The first kappa shape index (κ1) is 9.62. The van der Waals surface area contributed by atoms with E-state index >= 15 is 0 Å². The molecule has 1 aliphatic rings. The molecule has 1 aliphatic heterocycles. The van der Waals surface area contributed by atoms with Crippen molar-refractivity contribution in [3.63, 3.8) is 0 Å². The van der Waals surface area contributed by atoms with Crippen molar-refractivity contribution in [1.82, 2.24) is 0 Å². The molecule has 0 atom stereocenters. The zero-order valence-corrected chi connectivity index (χ0v) is 8.36. The molecular formula is C11H10N2O2. The molecule has 76 valence electrons. The Bertz CT molecular complexity index is 462. The van der Waals surface area contributed by atoms with Gasteiger partial charge in [0.2, 0.25) is 12.0 Å². The zero-order chi connectivity index (χ0) is 10.8. The van der Waals surface area contributed by atoms with Gasteiger partial charge in [-0.1, -0.05) is 0 Å². The normalized spacial score (nSPS) is 13.7. The minimum Gasteiger partial charge on any atom is -0.312 e. The monoisotopic (exact) mass is 202 g/mol. The molecule has 0 saturated carbocycles. The first-order valence-electron chi connectivity index (χ1n) is 4.77. The molecule has 0 fully saturated rings. The fourth-order valence-corrected chi connectivity index (χ4v) is 1.84. The van der Waals surface area contributed by atoms with E-state index in [1.165, 1.54) is 6.08 Å². The van der Waals surface area contributed by atoms with Crippen molar-refractivity contribution in [2.45, 2.75) is 13.3 Å². The highest BCUT2D eigenvalue weighted by Crippen LogP contribution is 2.31. The van der Waals surface area contributed by atoms with Gasteiger partial charge in [-0.3, -0.25) is 4.79 Å². The molecular weight excluding hydrogens is 192 g/mol. The van der Waals surface area contributed by atoms with E-state index in [0.717, 1.165) is 11.3 Å². The molecule has 1 heterocycles. The molecule has 0 aliphatic carbocycles. The standard InChI is InChI=1S/C11H10N2O2/c1-2-13-10-4-3-9(12-7-14)5-8(10)6-11(13)15/h3-5H,2,6H2,1H3. The van der Waals surface area contributed by atoms with Gasteiger partial charge in [0, 0.05) is 12.2 Å². The molecule has 0 bridgehead atoms. The van der Waals surface area contributed by atoms with Gasteiger partial charge in [-0.05, 0) is 30.7 Å². The topological polar surface area (TPSA) is 49.7 Å². The number of rotatable bonds is 2. The third kappa shape index (κ3) is 1.55. The van der Waals surface area contributed by atoms with Gasteiger partial charge < -0.3 is 4.90 Å². The van der Waals surface area contributed by atoms with E-state index < -0.39 is 0 Å². The van der Waals surface area contributed by atoms with Gasteiger partial charge in [0.15, 0.2) is 0 Å². The minimum atomic E-state index is 0.0970. The maximum Gasteiger partial charge on any atom is 0.240 e. The van der Waals surface area contributed by atoms with Crippen molar-refractivity contribution >= 4 is 23.4 Å². The lowest BCUT2D eigenvalue weighted by atomic mass is 10.1. The Kier molecular flexibility index (Phi) is 2.35. The molecule has 1 amide bonds. The highest BCUT2D eigenvalue weighted by Gasteiger charge is 2.25. The largest absolute Gasteiger partial charge is 0.312 e. The lowest BCUT2D eigenvalue weighted by Gasteiger charge is -2.14. The van der Waals surface area contributed by atoms with E-state index in [1.54, 1.807) is 17.0 Å². The number of carbonyl (C=O) groups excluding carboxylic acids is 2. The summed E-state index contributed by atoms with van der Waals surface area (Å²) in [5.41, 5.74) is 2.40. The number of carbonyl (C=O) groups is 1. The van der Waals surface area contributed by atoms with Gasteiger partial charge in [-0.25, -0.2) is 4.79 Å². The predicted molar refractivity (Wildman–Crippen MR) is 56.0 cm³/mol. The van der Waals surface area contributed by atoms with Crippen molar-refractivity contribution < 1.29 is 9.59 Å². The van der Waals surface area contributed by atoms with E-state index in [2.05, 4.69) is 4.99 Å². The number of fused-ring (bicyclic) bond motifs is 1. The quantitative estimate of drug-likeness (QED) is 0.539. The van der Waals surface area contributed by atoms with Crippen LogP contribution in [0.4, 0.5) is 11.4 Å². The molecule has 0 radical (unpaired) electrons. The SMILES string of the molecule is CCN1C(=O)Cc2cc(N=C=O)ccc21. The molecule has 2 rings (SSSR count). The van der Waals surface area contributed by atoms with Crippen LogP contribution in [-0.4, -0.2) is 18.5 Å². The van der Waals surface area contributed by atoms with E-state index in [-0.39, 0.29) is 5.91 Å². The number of anilines is 1. The summed E-state index contributed by atoms with van der Waals surface area (Å²) in [5.74, 6) is 0.0970. The van der Waals surface area contributed by atoms with E-state index in [0.29, 0.717) is 18.7 Å². The summed E-state index contributed by atoms with van der Waals surface area (Å²) in [6.07, 6.45) is 1.88. The number of hydrogen-bond acceptors (Lipinski definition) is 3. The molecule has 0 spiro atoms. The lowest BCUT2D eigenvalue weighted by Crippen LogP contribution is -2.25. The van der Waals surface area contributed by atoms with Crippen LogP contribution in [0.5, 0.6) is 0 Å². The summed E-state index contributed by atoms with van der Waals surface area (Å²) in [6, 6.07) is 5.29. The number of likely N-dealkylation sites (N-methyl/N-ethyl adjacent to an activating group) is 1. The fourth-order valence-electron chi connectivity index (χ4n) is 1.84. The number of isocyanates is 1. The highest BCUT2D eigenvalue weighted by atomic mass is 16.2. The molecule has 4 heteroatoms. The fraction of sp³-hybridized carbons (Fsp3) is 0.273. The van der Waals surface area contributed by atoms with Crippen LogP contribution >= 0.6 is 0 Å². The van der Waals surface area contributed by atoms with Crippen LogP contribution in [0, 0.1) is 0 Å². The van der Waals surface area contributed by atoms with E-state index in [9.17, 15) is 9.59 Å². The summed E-state index contributed by atoms with van der Waals surface area (Å²) in [4.78, 5) is 26.9. The number of amides is 1. The second-order valence-corrected chi connectivity index (χ2v) is 3.33. The molecule has 0 saturated heterocycles. The van der Waals surface area contributed by atoms with Gasteiger partial charge >= 0.3 is 0 Å². The Morgan fingerprint density at radius 3 is 3.00 bits per heavy atom. The zero-order valence-electron chi connectivity index (χ0n) is 8.36. The Labute approximate surface area is 87.2 Å². The molecule has 4 nitrogen and oxygen atoms in total. The highest BCUT2D eigenvalue weighted by molar-refractivity contribution is 6.01. The van der Waals surface area contributed by atoms with Crippen LogP contribution < -0.4 is 4.90 Å². The van der Waals surface area contributed by atoms with Gasteiger partial charge in [0.25, 0.3) is 0 Å². The first-order valence-corrected chi connectivity index (χ1v) is 4.77. The van der Waals surface area contributed by atoms with Crippen LogP contribution in [0.25, 0.3) is 0 Å². The molecule has 0 N–H and O–H groups in total. The van der Waals surface area contributed by atoms with E-state index in [1.807, 2.05) is 13.0 Å². The third-order valence-corrected chi connectivity index (χ3v) is 2.49. The maximum absolute atomic E-state index is 11.5. The van der Waals surface area contributed by atoms with Gasteiger partial charge in [-0.15, -0.1) is 0 Å². The first-order chi connectivity index (χ1) is 7.26. The van der Waals surface area contributed by atoms with Crippen molar-refractivity contribution in [3.8, 4) is 0 Å². The number of nitrogens with zero attached hydrogens (tertiary/aromatic N) is 2. The van der Waals surface area contributed by atoms with Crippen LogP contribution in [0.15, 0.2) is 23.2 Å². The van der Waals surface area contributed by atoms with Gasteiger partial charge in [0.1, 0.15) is 0 Å². The summed E-state index contributed by atoms with van der Waals surface area (Å²) >= 11 is 0. The molecule has 0 aromatic heterocycles. The molecule has 1 aromatic carbocycles. The number of aliphatic imine (C=N–C) groups is 1. The second-order valence-electron chi connectivity index (χ2n) is 3.33. The Morgan fingerprint density at radius 1 is 1.53 bits per heavy atom. The van der Waals surface area contributed by atoms with Gasteiger partial charge in [-0.2, -0.15) is 4.99 Å². The predicted octanol–water partition coefficient (Wildman–Crippen LogP) is 1.56. The third-order valence-electron chi connectivity index (χ3n) is 2.49. The number of hydrogen-bond donors (Lipinski definition) is 0. The summed E-state index contributed by atoms with van der Waals surface area (Å²) in [5, 5.41) is 0. The Hall–Kier alpha value is -1.93. The minimum absolute atomic E-state index is 0.0970. The lowest BCUT2D eigenvalue weighted by molar-refractivity contribution is -0.117. The molecule has 0 unspecified atom stereocenters. The van der Waals surface area contributed by atoms with Crippen molar-refractivity contribution in [2.75, 3.05) is 11.4 Å². The molecule has 15 heavy (non-hydrogen) atoms. The summed E-state index contributed by atoms with van der Waals surface area (Å²) in [6.45, 7) is 2.60. The Balaban J connectivity index is 2.45. The average molecular weight is 202 g/mol. The van der Waals surface area contributed by atoms with Crippen LogP contribution in [0.3, 0.4) is 0 Å². The summed E-state index contributed by atoms with van der Waals surface area (Å²) in [7, 11) is 0. The van der Waals surface area contributed by atoms with Crippen molar-refractivity contribution in [1.29, 1.82) is 0 Å². The number of benzene rings is 1. The van der Waals surface area contributed by atoms with Crippen LogP contribution in [0.2, 0.25) is 0 Å². The van der Waals surface area contributed by atoms with Crippen LogP contribution in [0.1, 0.15) is 12.5 Å². The molecule has 1 aromatic rings. The average Bonchev–Trinajstić information content (AvgIpc) is 2.53. The van der Waals surface area contributed by atoms with Crippen molar-refractivity contribution in [3.05, 3.63) is 23.8 Å². The second kappa shape index (κ2) is 3.67. The smallest absolute Gasteiger partial charge is 0.240 e. The summed E-state index contributed by atoms with van der Waals surface area (Å²) < 4.78 is 0. The Morgan fingerprint density at radius 2 is 2.33 bits per heavy atom. The van der Waals surface area contributed by atoms with Crippen LogP contribution in [-0.2, 0) is 16.0 Å². The maximum atomic E-state index is 11.5. The van der Waals surface area contributed by atoms with Gasteiger partial charge in [0.05, 0.1) is 12.1 Å².